The van der Waals surface area contributed by atoms with E-state index in [9.17, 15) is 13.5 Å². The van der Waals surface area contributed by atoms with Crippen LogP contribution in [0, 0.1) is 6.92 Å². The highest BCUT2D eigenvalue weighted by Gasteiger charge is 2.27. The summed E-state index contributed by atoms with van der Waals surface area (Å²) in [5.41, 5.74) is 1.18. The molecule has 0 amide bonds. The summed E-state index contributed by atoms with van der Waals surface area (Å²) < 4.78 is 31.7. The van der Waals surface area contributed by atoms with Gasteiger partial charge in [0, 0.05) is 7.05 Å². The van der Waals surface area contributed by atoms with Crippen LogP contribution in [0.2, 0.25) is 0 Å². The van der Waals surface area contributed by atoms with Crippen LogP contribution >= 0.6 is 11.3 Å². The Bertz CT molecular complexity index is 720. The van der Waals surface area contributed by atoms with Crippen LogP contribution in [0.4, 0.5) is 5.69 Å². The molecule has 0 radical (unpaired) electrons. The third kappa shape index (κ3) is 2.90. The van der Waals surface area contributed by atoms with Crippen LogP contribution in [-0.2, 0) is 16.6 Å². The number of benzene rings is 1. The number of anilines is 1. The zero-order chi connectivity index (χ0) is 15.6. The molecule has 0 unspecified atom stereocenters. The minimum atomic E-state index is -3.70. The minimum absolute atomic E-state index is 0.188. The fourth-order valence-electron chi connectivity index (χ4n) is 2.01. The molecule has 0 bridgehead atoms. The molecule has 7 heteroatoms. The second-order valence-electron chi connectivity index (χ2n) is 4.50. The normalized spacial score (nSPS) is 11.4. The molecule has 0 saturated carbocycles. The third-order valence-electron chi connectivity index (χ3n) is 3.19. The standard InChI is InChI=1S/C14H17NO4S2/c1-10-9-20-13(8-16)14(10)21(17,18)15(2)11-4-6-12(19-3)7-5-11/h4-7,9,16H,8H2,1-3H3. The number of aliphatic hydroxyl groups excluding tert-OH is 1. The smallest absolute Gasteiger partial charge is 0.265 e. The van der Waals surface area contributed by atoms with Crippen molar-refractivity contribution in [1.82, 2.24) is 0 Å². The van der Waals surface area contributed by atoms with Crippen molar-refractivity contribution in [2.75, 3.05) is 18.5 Å². The summed E-state index contributed by atoms with van der Waals surface area (Å²) in [4.78, 5) is 0.640. The molecule has 0 aliphatic heterocycles. The molecule has 21 heavy (non-hydrogen) atoms. The fraction of sp³-hybridized carbons (Fsp3) is 0.286. The number of thiophene rings is 1. The Kier molecular flexibility index (Phi) is 4.55. The number of nitrogens with zero attached hydrogens (tertiary/aromatic N) is 1. The summed E-state index contributed by atoms with van der Waals surface area (Å²) in [6, 6.07) is 6.76. The van der Waals surface area contributed by atoms with Crippen molar-refractivity contribution in [3.05, 3.63) is 40.1 Å². The van der Waals surface area contributed by atoms with Gasteiger partial charge in [-0.1, -0.05) is 0 Å². The maximum absolute atomic E-state index is 12.7. The van der Waals surface area contributed by atoms with Gasteiger partial charge in [-0.25, -0.2) is 8.42 Å². The average molecular weight is 327 g/mol. The van der Waals surface area contributed by atoms with Crippen molar-refractivity contribution in [3.8, 4) is 5.75 Å². The van der Waals surface area contributed by atoms with E-state index in [0.717, 1.165) is 0 Å². The van der Waals surface area contributed by atoms with E-state index in [-0.39, 0.29) is 11.5 Å². The molecule has 0 atom stereocenters. The monoisotopic (exact) mass is 327 g/mol. The highest BCUT2D eigenvalue weighted by Crippen LogP contribution is 2.31. The van der Waals surface area contributed by atoms with Crippen molar-refractivity contribution in [3.63, 3.8) is 0 Å². The molecule has 1 aromatic heterocycles. The molecule has 0 saturated heterocycles. The molecule has 0 aliphatic rings. The minimum Gasteiger partial charge on any atom is -0.497 e. The lowest BCUT2D eigenvalue weighted by atomic mass is 10.3. The first-order valence-corrected chi connectivity index (χ1v) is 8.54. The Morgan fingerprint density at radius 3 is 2.43 bits per heavy atom. The van der Waals surface area contributed by atoms with E-state index < -0.39 is 10.0 Å². The summed E-state index contributed by atoms with van der Waals surface area (Å²) in [5, 5.41) is 11.1. The molecule has 0 fully saturated rings. The van der Waals surface area contributed by atoms with Crippen molar-refractivity contribution in [1.29, 1.82) is 0 Å². The summed E-state index contributed by atoms with van der Waals surface area (Å²) in [7, 11) is -0.650. The molecule has 1 N–H and O–H groups in total. The number of aliphatic hydroxyl groups is 1. The number of methoxy groups -OCH3 is 1. The second kappa shape index (κ2) is 6.05. The number of sulfonamides is 1. The van der Waals surface area contributed by atoms with Gasteiger partial charge in [0.25, 0.3) is 10.0 Å². The summed E-state index contributed by atoms with van der Waals surface area (Å²) in [6.45, 7) is 1.44. The highest BCUT2D eigenvalue weighted by atomic mass is 32.2. The van der Waals surface area contributed by atoms with Crippen molar-refractivity contribution in [2.24, 2.45) is 0 Å². The third-order valence-corrected chi connectivity index (χ3v) is 6.42. The highest BCUT2D eigenvalue weighted by molar-refractivity contribution is 7.93. The van der Waals surface area contributed by atoms with Crippen molar-refractivity contribution in [2.45, 2.75) is 18.4 Å². The van der Waals surface area contributed by atoms with Crippen LogP contribution in [0.25, 0.3) is 0 Å². The van der Waals surface area contributed by atoms with Gasteiger partial charge in [-0.15, -0.1) is 11.3 Å². The molecule has 1 heterocycles. The zero-order valence-corrected chi connectivity index (χ0v) is 13.7. The average Bonchev–Trinajstić information content (AvgIpc) is 2.88. The number of hydrogen-bond donors (Lipinski definition) is 1. The Labute approximate surface area is 128 Å². The summed E-state index contributed by atoms with van der Waals surface area (Å²) in [5.74, 6) is 0.660. The lowest BCUT2D eigenvalue weighted by Gasteiger charge is -2.20. The predicted molar refractivity (Wildman–Crippen MR) is 83.6 cm³/mol. The van der Waals surface area contributed by atoms with Crippen LogP contribution in [-0.4, -0.2) is 27.7 Å². The zero-order valence-electron chi connectivity index (χ0n) is 12.0. The maximum atomic E-state index is 12.7. The molecule has 5 nitrogen and oxygen atoms in total. The Morgan fingerprint density at radius 1 is 1.29 bits per heavy atom. The van der Waals surface area contributed by atoms with Crippen LogP contribution in [0.3, 0.4) is 0 Å². The molecule has 2 aromatic rings. The van der Waals surface area contributed by atoms with E-state index in [2.05, 4.69) is 0 Å². The lowest BCUT2D eigenvalue weighted by molar-refractivity contribution is 0.282. The van der Waals surface area contributed by atoms with E-state index in [4.69, 9.17) is 4.74 Å². The van der Waals surface area contributed by atoms with E-state index >= 15 is 0 Å². The number of ether oxygens (including phenoxy) is 1. The summed E-state index contributed by atoms with van der Waals surface area (Å²) in [6.07, 6.45) is 0. The first kappa shape index (κ1) is 15.8. The van der Waals surface area contributed by atoms with Gasteiger partial charge in [0.2, 0.25) is 0 Å². The summed E-state index contributed by atoms with van der Waals surface area (Å²) >= 11 is 1.25. The van der Waals surface area contributed by atoms with Crippen LogP contribution in [0.5, 0.6) is 5.75 Å². The van der Waals surface area contributed by atoms with E-state index in [0.29, 0.717) is 21.9 Å². The molecular weight excluding hydrogens is 310 g/mol. The largest absolute Gasteiger partial charge is 0.497 e. The SMILES string of the molecule is COc1ccc(N(C)S(=O)(=O)c2c(C)csc2CO)cc1. The Hall–Kier alpha value is -1.57. The first-order chi connectivity index (χ1) is 9.91. The van der Waals surface area contributed by atoms with Crippen molar-refractivity contribution >= 4 is 27.0 Å². The number of hydrogen-bond acceptors (Lipinski definition) is 5. The molecule has 0 spiro atoms. The van der Waals surface area contributed by atoms with Gasteiger partial charge in [-0.3, -0.25) is 4.31 Å². The molecule has 2 rings (SSSR count). The second-order valence-corrected chi connectivity index (χ2v) is 7.37. The van der Waals surface area contributed by atoms with Gasteiger partial charge >= 0.3 is 0 Å². The van der Waals surface area contributed by atoms with Gasteiger partial charge in [0.15, 0.2) is 0 Å². The molecular formula is C14H17NO4S2. The van der Waals surface area contributed by atoms with Crippen LogP contribution in [0.1, 0.15) is 10.4 Å². The van der Waals surface area contributed by atoms with Gasteiger partial charge in [-0.2, -0.15) is 0 Å². The predicted octanol–water partition coefficient (Wildman–Crippen LogP) is 2.38. The fourth-order valence-corrected chi connectivity index (χ4v) is 4.82. The quantitative estimate of drug-likeness (QED) is 0.915. The molecule has 114 valence electrons. The van der Waals surface area contributed by atoms with Crippen LogP contribution in [0.15, 0.2) is 34.5 Å². The van der Waals surface area contributed by atoms with Gasteiger partial charge < -0.3 is 9.84 Å². The van der Waals surface area contributed by atoms with Gasteiger partial charge in [0.1, 0.15) is 10.6 Å². The van der Waals surface area contributed by atoms with Crippen LogP contribution < -0.4 is 9.04 Å². The van der Waals surface area contributed by atoms with Gasteiger partial charge in [0.05, 0.1) is 24.3 Å². The number of aryl methyl sites for hydroxylation is 1. The maximum Gasteiger partial charge on any atom is 0.265 e. The van der Waals surface area contributed by atoms with Gasteiger partial charge in [-0.05, 0) is 42.1 Å². The Balaban J connectivity index is 2.44. The number of rotatable bonds is 5. The molecule has 1 aromatic carbocycles. The van der Waals surface area contributed by atoms with E-state index in [1.54, 1.807) is 43.7 Å². The lowest BCUT2D eigenvalue weighted by Crippen LogP contribution is -2.27. The van der Waals surface area contributed by atoms with E-state index in [1.165, 1.54) is 22.7 Å². The van der Waals surface area contributed by atoms with E-state index in [1.807, 2.05) is 0 Å². The molecule has 0 aliphatic carbocycles. The Morgan fingerprint density at radius 2 is 1.90 bits per heavy atom. The first-order valence-electron chi connectivity index (χ1n) is 6.22. The topological polar surface area (TPSA) is 66.8 Å². The van der Waals surface area contributed by atoms with Crippen molar-refractivity contribution < 1.29 is 18.3 Å².